The topological polar surface area (TPSA) is 53.7 Å². The molecule has 1 aliphatic heterocycles. The van der Waals surface area contributed by atoms with Crippen LogP contribution in [0.2, 0.25) is 0 Å². The maximum Gasteiger partial charge on any atom is 0.259 e. The number of hydrogen-bond acceptors (Lipinski definition) is 4. The number of carbonyl (C=O) groups is 1. The molecule has 0 radical (unpaired) electrons. The fourth-order valence-corrected chi connectivity index (χ4v) is 3.83. The molecule has 0 atom stereocenters. The maximum atomic E-state index is 13.1. The van der Waals surface area contributed by atoms with E-state index in [0.29, 0.717) is 11.2 Å². The summed E-state index contributed by atoms with van der Waals surface area (Å²) in [5.74, 6) is 0.0410. The van der Waals surface area contributed by atoms with Gasteiger partial charge in [-0.15, -0.1) is 0 Å². The van der Waals surface area contributed by atoms with Gasteiger partial charge in [0.1, 0.15) is 5.56 Å². The standard InChI is InChI=1S/C22H27N5O/c1-18-10-14-27-21(24-18)20(17-23-27)22(28)26-13-6-12-25(15-16-26)11-5-9-19-7-3-2-4-8-19/h2-4,7-8,10,14,17H,5-6,9,11-13,15-16H2,1H3. The fourth-order valence-electron chi connectivity index (χ4n) is 3.83. The molecule has 0 spiro atoms. The number of nitrogens with zero attached hydrogens (tertiary/aromatic N) is 5. The van der Waals surface area contributed by atoms with Crippen LogP contribution in [0, 0.1) is 6.92 Å². The van der Waals surface area contributed by atoms with Crippen molar-refractivity contribution in [1.29, 1.82) is 0 Å². The number of hydrogen-bond donors (Lipinski definition) is 0. The van der Waals surface area contributed by atoms with E-state index >= 15 is 0 Å². The van der Waals surface area contributed by atoms with Gasteiger partial charge < -0.3 is 9.80 Å². The number of rotatable bonds is 5. The second-order valence-electron chi connectivity index (χ2n) is 7.47. The molecule has 1 amide bonds. The van der Waals surface area contributed by atoms with Crippen molar-refractivity contribution in [3.8, 4) is 0 Å². The van der Waals surface area contributed by atoms with Crippen LogP contribution in [0.3, 0.4) is 0 Å². The minimum absolute atomic E-state index is 0.0410. The van der Waals surface area contributed by atoms with Crippen molar-refractivity contribution in [2.75, 3.05) is 32.7 Å². The molecule has 28 heavy (non-hydrogen) atoms. The zero-order chi connectivity index (χ0) is 19.3. The van der Waals surface area contributed by atoms with E-state index in [2.05, 4.69) is 45.3 Å². The first-order valence-corrected chi connectivity index (χ1v) is 10.1. The molecule has 1 saturated heterocycles. The highest BCUT2D eigenvalue weighted by Gasteiger charge is 2.23. The molecule has 146 valence electrons. The summed E-state index contributed by atoms with van der Waals surface area (Å²) in [5.41, 5.74) is 3.53. The molecule has 0 bridgehead atoms. The van der Waals surface area contributed by atoms with Gasteiger partial charge in [-0.2, -0.15) is 5.10 Å². The number of carbonyl (C=O) groups excluding carboxylic acids is 1. The molecule has 3 heterocycles. The molecular weight excluding hydrogens is 350 g/mol. The lowest BCUT2D eigenvalue weighted by molar-refractivity contribution is 0.0763. The molecule has 0 unspecified atom stereocenters. The average Bonchev–Trinajstić information content (AvgIpc) is 2.98. The minimum atomic E-state index is 0.0410. The van der Waals surface area contributed by atoms with Gasteiger partial charge in [0.25, 0.3) is 5.91 Å². The Bertz CT molecular complexity index is 937. The normalized spacial score (nSPS) is 15.7. The molecule has 0 saturated carbocycles. The highest BCUT2D eigenvalue weighted by atomic mass is 16.2. The van der Waals surface area contributed by atoms with Crippen LogP contribution in [-0.2, 0) is 6.42 Å². The van der Waals surface area contributed by atoms with E-state index in [1.165, 1.54) is 5.56 Å². The summed E-state index contributed by atoms with van der Waals surface area (Å²) in [4.78, 5) is 22.0. The Hall–Kier alpha value is -2.73. The quantitative estimate of drug-likeness (QED) is 0.686. The van der Waals surface area contributed by atoms with Crippen molar-refractivity contribution in [3.63, 3.8) is 0 Å². The Morgan fingerprint density at radius 1 is 1.07 bits per heavy atom. The summed E-state index contributed by atoms with van der Waals surface area (Å²) in [6.45, 7) is 6.52. The Balaban J connectivity index is 1.34. The van der Waals surface area contributed by atoms with Crippen molar-refractivity contribution in [3.05, 3.63) is 65.6 Å². The van der Waals surface area contributed by atoms with Crippen molar-refractivity contribution in [2.24, 2.45) is 0 Å². The van der Waals surface area contributed by atoms with Gasteiger partial charge in [0.15, 0.2) is 5.65 Å². The largest absolute Gasteiger partial charge is 0.337 e. The van der Waals surface area contributed by atoms with Gasteiger partial charge in [-0.05, 0) is 50.9 Å². The van der Waals surface area contributed by atoms with Gasteiger partial charge in [-0.1, -0.05) is 30.3 Å². The van der Waals surface area contributed by atoms with Gasteiger partial charge in [-0.25, -0.2) is 9.50 Å². The lowest BCUT2D eigenvalue weighted by Crippen LogP contribution is -2.35. The first kappa shape index (κ1) is 18.6. The summed E-state index contributed by atoms with van der Waals surface area (Å²) in [5, 5.41) is 4.28. The van der Waals surface area contributed by atoms with E-state index in [4.69, 9.17) is 0 Å². The van der Waals surface area contributed by atoms with E-state index in [0.717, 1.165) is 57.7 Å². The van der Waals surface area contributed by atoms with Crippen LogP contribution in [0.1, 0.15) is 34.5 Å². The third-order valence-corrected chi connectivity index (χ3v) is 5.40. The molecule has 6 nitrogen and oxygen atoms in total. The predicted octanol–water partition coefficient (Wildman–Crippen LogP) is 2.82. The lowest BCUT2D eigenvalue weighted by atomic mass is 10.1. The SMILES string of the molecule is Cc1ccn2ncc(C(=O)N3CCCN(CCCc4ccccc4)CC3)c2n1. The molecule has 6 heteroatoms. The van der Waals surface area contributed by atoms with Crippen molar-refractivity contribution < 1.29 is 4.79 Å². The number of aromatic nitrogens is 3. The van der Waals surface area contributed by atoms with Gasteiger partial charge in [0.2, 0.25) is 0 Å². The lowest BCUT2D eigenvalue weighted by Gasteiger charge is -2.21. The molecule has 0 aliphatic carbocycles. The van der Waals surface area contributed by atoms with Crippen LogP contribution in [-0.4, -0.2) is 63.0 Å². The summed E-state index contributed by atoms with van der Waals surface area (Å²) in [7, 11) is 0. The predicted molar refractivity (Wildman–Crippen MR) is 109 cm³/mol. The second-order valence-corrected chi connectivity index (χ2v) is 7.47. The monoisotopic (exact) mass is 377 g/mol. The van der Waals surface area contributed by atoms with Crippen molar-refractivity contribution in [1.82, 2.24) is 24.4 Å². The van der Waals surface area contributed by atoms with Crippen LogP contribution in [0.4, 0.5) is 0 Å². The zero-order valence-corrected chi connectivity index (χ0v) is 16.4. The van der Waals surface area contributed by atoms with Crippen LogP contribution < -0.4 is 0 Å². The maximum absolute atomic E-state index is 13.1. The van der Waals surface area contributed by atoms with Crippen LogP contribution in [0.25, 0.3) is 5.65 Å². The summed E-state index contributed by atoms with van der Waals surface area (Å²) in [6.07, 6.45) is 6.75. The molecule has 1 aliphatic rings. The van der Waals surface area contributed by atoms with Gasteiger partial charge in [-0.3, -0.25) is 4.79 Å². The van der Waals surface area contributed by atoms with Crippen LogP contribution in [0.5, 0.6) is 0 Å². The molecule has 2 aromatic heterocycles. The molecule has 3 aromatic rings. The number of benzene rings is 1. The first-order chi connectivity index (χ1) is 13.7. The van der Waals surface area contributed by atoms with E-state index in [1.54, 1.807) is 10.7 Å². The Morgan fingerprint density at radius 3 is 2.79 bits per heavy atom. The smallest absolute Gasteiger partial charge is 0.259 e. The third-order valence-electron chi connectivity index (χ3n) is 5.40. The summed E-state index contributed by atoms with van der Waals surface area (Å²) >= 11 is 0. The van der Waals surface area contributed by atoms with Crippen molar-refractivity contribution in [2.45, 2.75) is 26.2 Å². The second kappa shape index (κ2) is 8.52. The Labute approximate surface area is 165 Å². The molecule has 4 rings (SSSR count). The number of amides is 1. The Morgan fingerprint density at radius 2 is 1.93 bits per heavy atom. The van der Waals surface area contributed by atoms with Gasteiger partial charge in [0.05, 0.1) is 6.20 Å². The minimum Gasteiger partial charge on any atom is -0.337 e. The van der Waals surface area contributed by atoms with E-state index in [-0.39, 0.29) is 5.91 Å². The van der Waals surface area contributed by atoms with Crippen LogP contribution in [0.15, 0.2) is 48.8 Å². The zero-order valence-electron chi connectivity index (χ0n) is 16.4. The van der Waals surface area contributed by atoms with E-state index < -0.39 is 0 Å². The molecule has 0 N–H and O–H groups in total. The van der Waals surface area contributed by atoms with Gasteiger partial charge in [0, 0.05) is 31.5 Å². The summed E-state index contributed by atoms with van der Waals surface area (Å²) in [6, 6.07) is 12.5. The number of fused-ring (bicyclic) bond motifs is 1. The molecule has 1 fully saturated rings. The fraction of sp³-hybridized carbons (Fsp3) is 0.409. The van der Waals surface area contributed by atoms with E-state index in [1.807, 2.05) is 24.1 Å². The summed E-state index contributed by atoms with van der Waals surface area (Å²) < 4.78 is 1.67. The van der Waals surface area contributed by atoms with Crippen LogP contribution >= 0.6 is 0 Å². The average molecular weight is 377 g/mol. The number of aryl methyl sites for hydroxylation is 2. The van der Waals surface area contributed by atoms with E-state index in [9.17, 15) is 4.79 Å². The highest BCUT2D eigenvalue weighted by molar-refractivity contribution is 5.99. The molecular formula is C22H27N5O. The van der Waals surface area contributed by atoms with Gasteiger partial charge >= 0.3 is 0 Å². The first-order valence-electron chi connectivity index (χ1n) is 10.1. The van der Waals surface area contributed by atoms with Crippen molar-refractivity contribution >= 4 is 11.6 Å². The molecule has 1 aromatic carbocycles. The highest BCUT2D eigenvalue weighted by Crippen LogP contribution is 2.14. The third kappa shape index (κ3) is 4.22. The Kier molecular flexibility index (Phi) is 5.67.